The van der Waals surface area contributed by atoms with E-state index in [1.807, 2.05) is 13.8 Å². The number of imide groups is 1. The normalized spacial score (nSPS) is 25.6. The third-order valence-corrected chi connectivity index (χ3v) is 7.52. The molecule has 2 atom stereocenters. The molecule has 164 valence electrons. The van der Waals surface area contributed by atoms with Crippen LogP contribution < -0.4 is 5.32 Å². The van der Waals surface area contributed by atoms with Crippen molar-refractivity contribution in [3.8, 4) is 0 Å². The number of nitrogens with zero attached hydrogens (tertiary/aromatic N) is 2. The lowest BCUT2D eigenvalue weighted by molar-refractivity contribution is -0.140. The van der Waals surface area contributed by atoms with E-state index in [-0.39, 0.29) is 17.4 Å². The second kappa shape index (κ2) is 8.19. The van der Waals surface area contributed by atoms with Crippen LogP contribution in [0.4, 0.5) is 4.79 Å². The fourth-order valence-electron chi connectivity index (χ4n) is 3.91. The largest absolute Gasteiger partial charge is 0.337 e. The van der Waals surface area contributed by atoms with Crippen LogP contribution in [0.2, 0.25) is 5.02 Å². The maximum absolute atomic E-state index is 13.1. The van der Waals surface area contributed by atoms with Crippen molar-refractivity contribution in [2.75, 3.05) is 24.6 Å². The first-order valence-electron chi connectivity index (χ1n) is 9.83. The minimum atomic E-state index is -3.18. The lowest BCUT2D eigenvalue weighted by atomic mass is 9.92. The van der Waals surface area contributed by atoms with Crippen molar-refractivity contribution in [1.82, 2.24) is 15.1 Å². The molecular formula is C20H26ClN3O5S. The molecule has 0 aliphatic carbocycles. The molecule has 0 unspecified atom stereocenters. The zero-order valence-electron chi connectivity index (χ0n) is 17.2. The first kappa shape index (κ1) is 22.6. The maximum atomic E-state index is 13.1. The van der Waals surface area contributed by atoms with Gasteiger partial charge in [0.2, 0.25) is 5.91 Å². The molecule has 1 aromatic carbocycles. The van der Waals surface area contributed by atoms with Crippen LogP contribution in [0.5, 0.6) is 0 Å². The van der Waals surface area contributed by atoms with Gasteiger partial charge in [0.05, 0.1) is 11.5 Å². The van der Waals surface area contributed by atoms with Crippen LogP contribution in [0.1, 0.15) is 32.8 Å². The highest BCUT2D eigenvalue weighted by molar-refractivity contribution is 7.91. The third-order valence-electron chi connectivity index (χ3n) is 5.52. The monoisotopic (exact) mass is 455 g/mol. The summed E-state index contributed by atoms with van der Waals surface area (Å²) < 4.78 is 23.8. The average molecular weight is 456 g/mol. The van der Waals surface area contributed by atoms with Gasteiger partial charge >= 0.3 is 6.03 Å². The molecule has 30 heavy (non-hydrogen) atoms. The van der Waals surface area contributed by atoms with Crippen molar-refractivity contribution in [2.24, 2.45) is 5.92 Å². The zero-order chi connectivity index (χ0) is 22.3. The number of hydrogen-bond donors (Lipinski definition) is 1. The van der Waals surface area contributed by atoms with Gasteiger partial charge in [-0.15, -0.1) is 0 Å². The molecule has 2 aliphatic heterocycles. The molecule has 2 saturated heterocycles. The quantitative estimate of drug-likeness (QED) is 0.658. The molecule has 1 N–H and O–H groups in total. The molecule has 0 bridgehead atoms. The molecule has 8 nitrogen and oxygen atoms in total. The van der Waals surface area contributed by atoms with Crippen LogP contribution in [0.25, 0.3) is 0 Å². The Bertz CT molecular complexity index is 963. The van der Waals surface area contributed by atoms with Crippen molar-refractivity contribution in [3.63, 3.8) is 0 Å². The SMILES string of the molecule is CC(C)CN(C(=O)CN1C(=O)N[C@@](C)(c2ccc(Cl)cc2)C1=O)[C@H]1CCS(=O)(=O)C1. The molecule has 0 saturated carbocycles. The van der Waals surface area contributed by atoms with Crippen molar-refractivity contribution < 1.29 is 22.8 Å². The minimum absolute atomic E-state index is 0.0390. The van der Waals surface area contributed by atoms with Gasteiger partial charge in [0.25, 0.3) is 5.91 Å². The van der Waals surface area contributed by atoms with Crippen LogP contribution >= 0.6 is 11.6 Å². The van der Waals surface area contributed by atoms with Gasteiger partial charge in [-0.1, -0.05) is 37.6 Å². The molecule has 3 rings (SSSR count). The molecule has 0 aromatic heterocycles. The van der Waals surface area contributed by atoms with E-state index in [1.165, 1.54) is 4.90 Å². The van der Waals surface area contributed by atoms with Gasteiger partial charge in [-0.05, 0) is 37.0 Å². The number of sulfone groups is 1. The predicted molar refractivity (Wildman–Crippen MR) is 113 cm³/mol. The second-order valence-electron chi connectivity index (χ2n) is 8.45. The summed E-state index contributed by atoms with van der Waals surface area (Å²) in [6.45, 7) is 5.36. The highest BCUT2D eigenvalue weighted by Crippen LogP contribution is 2.30. The summed E-state index contributed by atoms with van der Waals surface area (Å²) in [6.07, 6.45) is 0.365. The standard InChI is InChI=1S/C20H26ClN3O5S/c1-13(2)10-23(16-8-9-30(28,29)12-16)17(25)11-24-18(26)20(3,22-19(24)27)14-4-6-15(21)7-5-14/h4-7,13,16H,8-12H2,1-3H3,(H,22,27)/t16-,20-/m0/s1. The van der Waals surface area contributed by atoms with E-state index in [2.05, 4.69) is 5.32 Å². The number of rotatable bonds is 6. The number of urea groups is 1. The molecule has 0 spiro atoms. The van der Waals surface area contributed by atoms with Gasteiger partial charge in [0.1, 0.15) is 12.1 Å². The molecule has 2 heterocycles. The second-order valence-corrected chi connectivity index (χ2v) is 11.1. The Hall–Kier alpha value is -2.13. The Morgan fingerprint density at radius 1 is 1.30 bits per heavy atom. The van der Waals surface area contributed by atoms with E-state index in [0.29, 0.717) is 23.6 Å². The lowest BCUT2D eigenvalue weighted by Crippen LogP contribution is -2.49. The highest BCUT2D eigenvalue weighted by Gasteiger charge is 2.50. The Morgan fingerprint density at radius 3 is 2.47 bits per heavy atom. The summed E-state index contributed by atoms with van der Waals surface area (Å²) in [5.41, 5.74) is -0.747. The molecule has 0 radical (unpaired) electrons. The van der Waals surface area contributed by atoms with E-state index in [9.17, 15) is 22.8 Å². The number of benzene rings is 1. The predicted octanol–water partition coefficient (Wildman–Crippen LogP) is 1.78. The van der Waals surface area contributed by atoms with Crippen molar-refractivity contribution in [1.29, 1.82) is 0 Å². The van der Waals surface area contributed by atoms with E-state index in [0.717, 1.165) is 4.90 Å². The smallest absolute Gasteiger partial charge is 0.325 e. The van der Waals surface area contributed by atoms with Gasteiger partial charge in [-0.3, -0.25) is 14.5 Å². The number of carbonyl (C=O) groups is 3. The molecule has 2 fully saturated rings. The zero-order valence-corrected chi connectivity index (χ0v) is 18.8. The van der Waals surface area contributed by atoms with Crippen molar-refractivity contribution in [2.45, 2.75) is 38.8 Å². The van der Waals surface area contributed by atoms with E-state index >= 15 is 0 Å². The molecule has 1 aromatic rings. The van der Waals surface area contributed by atoms with Crippen LogP contribution in [-0.2, 0) is 25.0 Å². The maximum Gasteiger partial charge on any atom is 0.325 e. The van der Waals surface area contributed by atoms with E-state index in [1.54, 1.807) is 31.2 Å². The Labute approximate surface area is 181 Å². The van der Waals surface area contributed by atoms with Crippen LogP contribution in [0, 0.1) is 5.92 Å². The first-order chi connectivity index (χ1) is 13.9. The summed E-state index contributed by atoms with van der Waals surface area (Å²) in [5.74, 6) is -0.910. The Balaban J connectivity index is 1.79. The summed E-state index contributed by atoms with van der Waals surface area (Å²) in [6, 6.07) is 5.46. The fourth-order valence-corrected chi connectivity index (χ4v) is 5.77. The minimum Gasteiger partial charge on any atom is -0.337 e. The van der Waals surface area contributed by atoms with Gasteiger partial charge in [-0.2, -0.15) is 0 Å². The van der Waals surface area contributed by atoms with Gasteiger partial charge < -0.3 is 10.2 Å². The number of halogens is 1. The average Bonchev–Trinajstić information content (AvgIpc) is 3.12. The molecule has 10 heteroatoms. The number of carbonyl (C=O) groups excluding carboxylic acids is 3. The molecule has 2 aliphatic rings. The van der Waals surface area contributed by atoms with Gasteiger partial charge in [0, 0.05) is 17.6 Å². The molecular weight excluding hydrogens is 430 g/mol. The Morgan fingerprint density at radius 2 is 1.93 bits per heavy atom. The fraction of sp³-hybridized carbons (Fsp3) is 0.550. The summed E-state index contributed by atoms with van der Waals surface area (Å²) in [5, 5.41) is 3.16. The van der Waals surface area contributed by atoms with Crippen molar-refractivity contribution in [3.05, 3.63) is 34.9 Å². The van der Waals surface area contributed by atoms with Crippen LogP contribution in [0.3, 0.4) is 0 Å². The van der Waals surface area contributed by atoms with Gasteiger partial charge in [0.15, 0.2) is 9.84 Å². The highest BCUT2D eigenvalue weighted by atomic mass is 35.5. The molecule has 4 amide bonds. The van der Waals surface area contributed by atoms with Crippen LogP contribution in [0.15, 0.2) is 24.3 Å². The Kier molecular flexibility index (Phi) is 6.15. The summed E-state index contributed by atoms with van der Waals surface area (Å²) >= 11 is 5.91. The van der Waals surface area contributed by atoms with E-state index < -0.39 is 45.8 Å². The number of nitrogens with one attached hydrogen (secondary N) is 1. The van der Waals surface area contributed by atoms with Crippen molar-refractivity contribution >= 4 is 39.3 Å². The first-order valence-corrected chi connectivity index (χ1v) is 12.0. The summed E-state index contributed by atoms with van der Waals surface area (Å²) in [4.78, 5) is 41.1. The van der Waals surface area contributed by atoms with Crippen LogP contribution in [-0.4, -0.2) is 66.7 Å². The lowest BCUT2D eigenvalue weighted by Gasteiger charge is -2.31. The number of amides is 4. The topological polar surface area (TPSA) is 104 Å². The van der Waals surface area contributed by atoms with Gasteiger partial charge in [-0.25, -0.2) is 13.2 Å². The summed E-state index contributed by atoms with van der Waals surface area (Å²) in [7, 11) is -3.18. The third kappa shape index (κ3) is 4.46. The number of hydrogen-bond acceptors (Lipinski definition) is 5. The van der Waals surface area contributed by atoms with E-state index in [4.69, 9.17) is 11.6 Å².